The Kier molecular flexibility index (Phi) is 6.89. The maximum atomic E-state index is 11.3. The molecule has 0 amide bonds. The molecule has 0 saturated heterocycles. The van der Waals surface area contributed by atoms with Gasteiger partial charge < -0.3 is 4.74 Å². The molecule has 0 heterocycles. The first-order valence-corrected chi connectivity index (χ1v) is 6.98. The van der Waals surface area contributed by atoms with E-state index in [1.807, 2.05) is 0 Å². The summed E-state index contributed by atoms with van der Waals surface area (Å²) in [5.41, 5.74) is 0.533. The predicted molar refractivity (Wildman–Crippen MR) is 76.4 cm³/mol. The minimum atomic E-state index is -0.614. The van der Waals surface area contributed by atoms with Crippen LogP contribution in [0.3, 0.4) is 0 Å². The first kappa shape index (κ1) is 16.0. The largest absolute Gasteiger partial charge is 0.493 e. The molecule has 0 fully saturated rings. The first-order valence-electron chi connectivity index (χ1n) is 6.22. The fourth-order valence-corrected chi connectivity index (χ4v) is 1.91. The third kappa shape index (κ3) is 5.21. The van der Waals surface area contributed by atoms with E-state index >= 15 is 0 Å². The minimum Gasteiger partial charge on any atom is -0.493 e. The van der Waals surface area contributed by atoms with Gasteiger partial charge in [0.25, 0.3) is 10.5 Å². The number of carbonyl (C=O) groups excluding carboxylic acids is 2. The fraction of sp³-hybridized carbons (Fsp3) is 0.429. The molecule has 0 bridgehead atoms. The minimum absolute atomic E-state index is 0.249. The van der Waals surface area contributed by atoms with Crippen LogP contribution in [0.25, 0.3) is 0 Å². The second-order valence-corrected chi connectivity index (χ2v) is 4.85. The van der Waals surface area contributed by atoms with Crippen LogP contribution in [-0.2, 0) is 0 Å². The Balaban J connectivity index is 2.74. The number of hydrogen-bond donors (Lipinski definition) is 0. The Hall–Kier alpha value is -1.06. The summed E-state index contributed by atoms with van der Waals surface area (Å²) in [6.07, 6.45) is 4.24. The van der Waals surface area contributed by atoms with Gasteiger partial charge in [-0.2, -0.15) is 0 Å². The van der Waals surface area contributed by atoms with E-state index in [1.165, 1.54) is 18.2 Å². The molecule has 0 unspecified atom stereocenters. The van der Waals surface area contributed by atoms with Crippen LogP contribution in [0.4, 0.5) is 0 Å². The molecule has 0 atom stereocenters. The Morgan fingerprint density at radius 3 is 2.42 bits per heavy atom. The number of rotatable bonds is 8. The third-order valence-corrected chi connectivity index (χ3v) is 3.10. The fourth-order valence-electron chi connectivity index (χ4n) is 1.64. The Labute approximate surface area is 122 Å². The molecule has 0 radical (unpaired) electrons. The topological polar surface area (TPSA) is 43.4 Å². The van der Waals surface area contributed by atoms with E-state index in [-0.39, 0.29) is 11.1 Å². The van der Waals surface area contributed by atoms with Crippen LogP contribution in [0, 0.1) is 0 Å². The number of halogens is 2. The SMILES string of the molecule is CCCCCCOc1cc(C(=O)Cl)ccc1C(=O)Cl. The molecule has 1 rings (SSSR count). The molecule has 1 aromatic rings. The molecule has 0 spiro atoms. The lowest BCUT2D eigenvalue weighted by Gasteiger charge is -2.10. The zero-order valence-corrected chi connectivity index (χ0v) is 12.3. The van der Waals surface area contributed by atoms with E-state index in [9.17, 15) is 9.59 Å². The molecule has 0 aliphatic carbocycles. The molecule has 0 saturated carbocycles. The van der Waals surface area contributed by atoms with Crippen molar-refractivity contribution in [2.75, 3.05) is 6.61 Å². The summed E-state index contributed by atoms with van der Waals surface area (Å²) < 4.78 is 5.52. The number of hydrogen-bond acceptors (Lipinski definition) is 3. The van der Waals surface area contributed by atoms with Crippen molar-refractivity contribution >= 4 is 33.7 Å². The molecule has 0 N–H and O–H groups in total. The van der Waals surface area contributed by atoms with Gasteiger partial charge in [-0.25, -0.2) is 0 Å². The molecule has 19 heavy (non-hydrogen) atoms. The molecule has 0 aliphatic heterocycles. The smallest absolute Gasteiger partial charge is 0.256 e. The van der Waals surface area contributed by atoms with Gasteiger partial charge in [0.15, 0.2) is 0 Å². The number of unbranched alkanes of at least 4 members (excludes halogenated alkanes) is 3. The standard InChI is InChI=1S/C14H16Cl2O3/c1-2-3-4-5-8-19-12-9-10(13(15)17)6-7-11(12)14(16)18/h6-7,9H,2-5,8H2,1H3. The maximum Gasteiger partial charge on any atom is 0.256 e. The first-order chi connectivity index (χ1) is 9.06. The molecule has 3 nitrogen and oxygen atoms in total. The highest BCUT2D eigenvalue weighted by Crippen LogP contribution is 2.23. The third-order valence-electron chi connectivity index (χ3n) is 2.68. The van der Waals surface area contributed by atoms with Crippen LogP contribution in [0.5, 0.6) is 5.75 Å². The van der Waals surface area contributed by atoms with Crippen molar-refractivity contribution in [1.82, 2.24) is 0 Å². The second kappa shape index (κ2) is 8.18. The van der Waals surface area contributed by atoms with Gasteiger partial charge in [0.05, 0.1) is 12.2 Å². The van der Waals surface area contributed by atoms with Crippen LogP contribution in [0.1, 0.15) is 53.3 Å². The van der Waals surface area contributed by atoms with Crippen molar-refractivity contribution in [2.45, 2.75) is 32.6 Å². The van der Waals surface area contributed by atoms with Gasteiger partial charge in [-0.3, -0.25) is 9.59 Å². The monoisotopic (exact) mass is 302 g/mol. The van der Waals surface area contributed by atoms with Gasteiger partial charge in [-0.1, -0.05) is 26.2 Å². The van der Waals surface area contributed by atoms with E-state index < -0.39 is 10.5 Å². The Morgan fingerprint density at radius 1 is 1.11 bits per heavy atom. The van der Waals surface area contributed by atoms with Gasteiger partial charge in [0, 0.05) is 5.56 Å². The van der Waals surface area contributed by atoms with E-state index in [0.29, 0.717) is 12.4 Å². The van der Waals surface area contributed by atoms with Gasteiger partial charge in [-0.15, -0.1) is 0 Å². The zero-order valence-electron chi connectivity index (χ0n) is 10.7. The summed E-state index contributed by atoms with van der Waals surface area (Å²) in [5, 5.41) is -1.21. The highest BCUT2D eigenvalue weighted by molar-refractivity contribution is 6.68. The van der Waals surface area contributed by atoms with Crippen molar-refractivity contribution in [3.05, 3.63) is 29.3 Å². The van der Waals surface area contributed by atoms with Crippen molar-refractivity contribution in [3.8, 4) is 5.75 Å². The lowest BCUT2D eigenvalue weighted by Crippen LogP contribution is -2.03. The van der Waals surface area contributed by atoms with E-state index in [0.717, 1.165) is 25.7 Å². The van der Waals surface area contributed by atoms with Crippen LogP contribution < -0.4 is 4.74 Å². The van der Waals surface area contributed by atoms with Crippen molar-refractivity contribution < 1.29 is 14.3 Å². The molecular weight excluding hydrogens is 287 g/mol. The van der Waals surface area contributed by atoms with Crippen molar-refractivity contribution in [3.63, 3.8) is 0 Å². The molecule has 104 valence electrons. The quantitative estimate of drug-likeness (QED) is 0.528. The summed E-state index contributed by atoms with van der Waals surface area (Å²) in [6, 6.07) is 4.35. The van der Waals surface area contributed by atoms with E-state index in [1.54, 1.807) is 0 Å². The predicted octanol–water partition coefficient (Wildman–Crippen LogP) is 4.40. The average molecular weight is 303 g/mol. The lowest BCUT2D eigenvalue weighted by atomic mass is 10.1. The molecule has 0 aliphatic rings. The van der Waals surface area contributed by atoms with Crippen molar-refractivity contribution in [2.24, 2.45) is 0 Å². The zero-order chi connectivity index (χ0) is 14.3. The summed E-state index contributed by atoms with van der Waals surface area (Å²) in [4.78, 5) is 22.3. The van der Waals surface area contributed by atoms with Crippen LogP contribution in [0.15, 0.2) is 18.2 Å². The van der Waals surface area contributed by atoms with Gasteiger partial charge >= 0.3 is 0 Å². The number of carbonyl (C=O) groups is 2. The maximum absolute atomic E-state index is 11.3. The van der Waals surface area contributed by atoms with Crippen LogP contribution in [0.2, 0.25) is 0 Å². The van der Waals surface area contributed by atoms with Crippen LogP contribution in [-0.4, -0.2) is 17.1 Å². The molecular formula is C14H16Cl2O3. The Bertz CT molecular complexity index is 458. The molecule has 5 heteroatoms. The molecule has 0 aromatic heterocycles. The summed E-state index contributed by atoms with van der Waals surface area (Å²) >= 11 is 10.9. The normalized spacial score (nSPS) is 10.3. The van der Waals surface area contributed by atoms with Crippen LogP contribution >= 0.6 is 23.2 Å². The van der Waals surface area contributed by atoms with Gasteiger partial charge in [0.2, 0.25) is 0 Å². The highest BCUT2D eigenvalue weighted by Gasteiger charge is 2.13. The van der Waals surface area contributed by atoms with Crippen molar-refractivity contribution in [1.29, 1.82) is 0 Å². The average Bonchev–Trinajstić information content (AvgIpc) is 2.38. The second-order valence-electron chi connectivity index (χ2n) is 4.17. The van der Waals surface area contributed by atoms with E-state index in [2.05, 4.69) is 6.92 Å². The summed E-state index contributed by atoms with van der Waals surface area (Å²) in [5.74, 6) is 0.308. The van der Waals surface area contributed by atoms with Gasteiger partial charge in [-0.05, 0) is 47.8 Å². The lowest BCUT2D eigenvalue weighted by molar-refractivity contribution is 0.106. The number of benzene rings is 1. The highest BCUT2D eigenvalue weighted by atomic mass is 35.5. The van der Waals surface area contributed by atoms with Gasteiger partial charge in [0.1, 0.15) is 5.75 Å². The number of ether oxygens (including phenoxy) is 1. The molecule has 1 aromatic carbocycles. The summed E-state index contributed by atoms with van der Waals surface area (Å²) in [6.45, 7) is 2.61. The Morgan fingerprint density at radius 2 is 1.84 bits per heavy atom. The van der Waals surface area contributed by atoms with E-state index in [4.69, 9.17) is 27.9 Å². The summed E-state index contributed by atoms with van der Waals surface area (Å²) in [7, 11) is 0.